The molecule has 0 bridgehead atoms. The van der Waals surface area contributed by atoms with E-state index in [1.165, 1.54) is 45.3 Å². The third kappa shape index (κ3) is 3.71. The second-order valence-electron chi connectivity index (χ2n) is 7.13. The van der Waals surface area contributed by atoms with Crippen LogP contribution in [0, 0.1) is 17.8 Å². The van der Waals surface area contributed by atoms with Crippen molar-refractivity contribution in [1.82, 2.24) is 10.2 Å². The van der Waals surface area contributed by atoms with Crippen molar-refractivity contribution in [2.24, 2.45) is 17.8 Å². The SMILES string of the molecule is CC(C)NCC1CCN(C2CCC(C)C(C)C2)C1. The summed E-state index contributed by atoms with van der Waals surface area (Å²) in [4.78, 5) is 2.79. The number of hydrogen-bond donors (Lipinski definition) is 1. The van der Waals surface area contributed by atoms with E-state index in [0.29, 0.717) is 6.04 Å². The standard InChI is InChI=1S/C16H32N2/c1-12(2)17-10-15-7-8-18(11-15)16-6-5-13(3)14(4)9-16/h12-17H,5-11H2,1-4H3. The molecule has 18 heavy (non-hydrogen) atoms. The summed E-state index contributed by atoms with van der Waals surface area (Å²) >= 11 is 0. The monoisotopic (exact) mass is 252 g/mol. The van der Waals surface area contributed by atoms with Crippen molar-refractivity contribution in [3.05, 3.63) is 0 Å². The van der Waals surface area contributed by atoms with Crippen LogP contribution in [0.4, 0.5) is 0 Å². The molecule has 2 rings (SSSR count). The molecule has 0 aromatic carbocycles. The van der Waals surface area contributed by atoms with Gasteiger partial charge in [0, 0.05) is 18.6 Å². The van der Waals surface area contributed by atoms with Crippen molar-refractivity contribution in [1.29, 1.82) is 0 Å². The summed E-state index contributed by atoms with van der Waals surface area (Å²) in [7, 11) is 0. The Labute approximate surface area is 114 Å². The maximum absolute atomic E-state index is 3.60. The van der Waals surface area contributed by atoms with Gasteiger partial charge in [-0.2, -0.15) is 0 Å². The van der Waals surface area contributed by atoms with Crippen molar-refractivity contribution in [2.45, 2.75) is 65.5 Å². The molecule has 4 atom stereocenters. The van der Waals surface area contributed by atoms with E-state index in [1.54, 1.807) is 0 Å². The summed E-state index contributed by atoms with van der Waals surface area (Å²) in [5.74, 6) is 2.76. The molecule has 0 radical (unpaired) electrons. The average Bonchev–Trinajstić information content (AvgIpc) is 2.79. The second-order valence-corrected chi connectivity index (χ2v) is 7.13. The zero-order chi connectivity index (χ0) is 13.1. The van der Waals surface area contributed by atoms with Crippen molar-refractivity contribution in [2.75, 3.05) is 19.6 Å². The first-order chi connectivity index (χ1) is 8.56. The number of likely N-dealkylation sites (tertiary alicyclic amines) is 1. The maximum Gasteiger partial charge on any atom is 0.00981 e. The Kier molecular flexibility index (Phi) is 5.08. The van der Waals surface area contributed by atoms with Crippen molar-refractivity contribution in [3.63, 3.8) is 0 Å². The van der Waals surface area contributed by atoms with E-state index < -0.39 is 0 Å². The zero-order valence-corrected chi connectivity index (χ0v) is 12.8. The van der Waals surface area contributed by atoms with Crippen LogP contribution in [0.3, 0.4) is 0 Å². The maximum atomic E-state index is 3.60. The number of nitrogens with one attached hydrogen (secondary N) is 1. The van der Waals surface area contributed by atoms with Crippen LogP contribution in [-0.2, 0) is 0 Å². The Bertz CT molecular complexity index is 251. The molecule has 2 aliphatic rings. The van der Waals surface area contributed by atoms with Gasteiger partial charge in [-0.05, 0) is 56.5 Å². The Balaban J connectivity index is 1.75. The third-order valence-electron chi connectivity index (χ3n) is 5.22. The molecule has 1 N–H and O–H groups in total. The van der Waals surface area contributed by atoms with Gasteiger partial charge in [0.05, 0.1) is 0 Å². The van der Waals surface area contributed by atoms with Gasteiger partial charge in [-0.15, -0.1) is 0 Å². The van der Waals surface area contributed by atoms with Gasteiger partial charge in [0.2, 0.25) is 0 Å². The molecule has 1 heterocycles. The average molecular weight is 252 g/mol. The lowest BCUT2D eigenvalue weighted by atomic mass is 9.78. The van der Waals surface area contributed by atoms with E-state index in [2.05, 4.69) is 37.9 Å². The van der Waals surface area contributed by atoms with E-state index in [9.17, 15) is 0 Å². The molecule has 1 aliphatic heterocycles. The number of rotatable bonds is 4. The van der Waals surface area contributed by atoms with Crippen LogP contribution in [0.15, 0.2) is 0 Å². The summed E-state index contributed by atoms with van der Waals surface area (Å²) in [6.45, 7) is 13.3. The predicted molar refractivity (Wildman–Crippen MR) is 78.8 cm³/mol. The van der Waals surface area contributed by atoms with Gasteiger partial charge >= 0.3 is 0 Å². The molecule has 2 heteroatoms. The zero-order valence-electron chi connectivity index (χ0n) is 12.8. The van der Waals surface area contributed by atoms with E-state index in [1.807, 2.05) is 0 Å². The summed E-state index contributed by atoms with van der Waals surface area (Å²) in [5.41, 5.74) is 0. The van der Waals surface area contributed by atoms with E-state index in [-0.39, 0.29) is 0 Å². The van der Waals surface area contributed by atoms with Crippen LogP contribution in [0.1, 0.15) is 53.4 Å². The minimum Gasteiger partial charge on any atom is -0.314 e. The molecule has 106 valence electrons. The molecule has 1 saturated carbocycles. The van der Waals surface area contributed by atoms with Crippen molar-refractivity contribution >= 4 is 0 Å². The summed E-state index contributed by atoms with van der Waals surface area (Å²) in [6, 6.07) is 1.52. The van der Waals surface area contributed by atoms with Crippen molar-refractivity contribution in [3.8, 4) is 0 Å². The van der Waals surface area contributed by atoms with Gasteiger partial charge in [0.25, 0.3) is 0 Å². The van der Waals surface area contributed by atoms with Crippen LogP contribution >= 0.6 is 0 Å². The molecule has 1 aliphatic carbocycles. The predicted octanol–water partition coefficient (Wildman–Crippen LogP) is 3.13. The Morgan fingerprint density at radius 1 is 1.11 bits per heavy atom. The first-order valence-corrected chi connectivity index (χ1v) is 8.03. The minimum atomic E-state index is 0.634. The highest BCUT2D eigenvalue weighted by Gasteiger charge is 2.32. The molecular formula is C16H32N2. The van der Waals surface area contributed by atoms with Crippen LogP contribution in [0.2, 0.25) is 0 Å². The molecule has 0 amide bonds. The third-order valence-corrected chi connectivity index (χ3v) is 5.22. The highest BCUT2D eigenvalue weighted by molar-refractivity contribution is 4.87. The van der Waals surface area contributed by atoms with E-state index >= 15 is 0 Å². The van der Waals surface area contributed by atoms with Crippen LogP contribution in [0.5, 0.6) is 0 Å². The molecule has 0 spiro atoms. The molecule has 2 nitrogen and oxygen atoms in total. The van der Waals surface area contributed by atoms with Gasteiger partial charge in [0.15, 0.2) is 0 Å². The van der Waals surface area contributed by atoms with Gasteiger partial charge < -0.3 is 10.2 Å². The number of nitrogens with zero attached hydrogens (tertiary/aromatic N) is 1. The lowest BCUT2D eigenvalue weighted by Crippen LogP contribution is -2.39. The number of hydrogen-bond acceptors (Lipinski definition) is 2. The van der Waals surface area contributed by atoms with Gasteiger partial charge in [0.1, 0.15) is 0 Å². The summed E-state index contributed by atoms with van der Waals surface area (Å²) in [6.07, 6.45) is 5.72. The van der Waals surface area contributed by atoms with Crippen LogP contribution < -0.4 is 5.32 Å². The fourth-order valence-electron chi connectivity index (χ4n) is 3.61. The molecule has 0 aromatic heterocycles. The van der Waals surface area contributed by atoms with Crippen molar-refractivity contribution < 1.29 is 0 Å². The highest BCUT2D eigenvalue weighted by atomic mass is 15.2. The van der Waals surface area contributed by atoms with Gasteiger partial charge in [-0.25, -0.2) is 0 Å². The first-order valence-electron chi connectivity index (χ1n) is 8.03. The second kappa shape index (κ2) is 6.38. The Hall–Kier alpha value is -0.0800. The minimum absolute atomic E-state index is 0.634. The highest BCUT2D eigenvalue weighted by Crippen LogP contribution is 2.34. The lowest BCUT2D eigenvalue weighted by Gasteiger charge is -2.37. The molecule has 0 aromatic rings. The first kappa shape index (κ1) is 14.3. The van der Waals surface area contributed by atoms with E-state index in [4.69, 9.17) is 0 Å². The Morgan fingerprint density at radius 3 is 2.56 bits per heavy atom. The van der Waals surface area contributed by atoms with Gasteiger partial charge in [-0.3, -0.25) is 0 Å². The quantitative estimate of drug-likeness (QED) is 0.827. The largest absolute Gasteiger partial charge is 0.314 e. The fourth-order valence-corrected chi connectivity index (χ4v) is 3.61. The fraction of sp³-hybridized carbons (Fsp3) is 1.00. The summed E-state index contributed by atoms with van der Waals surface area (Å²) < 4.78 is 0. The molecule has 2 fully saturated rings. The van der Waals surface area contributed by atoms with Crippen LogP contribution in [0.25, 0.3) is 0 Å². The summed E-state index contributed by atoms with van der Waals surface area (Å²) in [5, 5.41) is 3.60. The topological polar surface area (TPSA) is 15.3 Å². The smallest absolute Gasteiger partial charge is 0.00981 e. The van der Waals surface area contributed by atoms with Crippen LogP contribution in [-0.4, -0.2) is 36.6 Å². The Morgan fingerprint density at radius 2 is 1.89 bits per heavy atom. The van der Waals surface area contributed by atoms with E-state index in [0.717, 1.165) is 23.8 Å². The molecule has 1 saturated heterocycles. The van der Waals surface area contributed by atoms with Gasteiger partial charge in [-0.1, -0.05) is 27.7 Å². The lowest BCUT2D eigenvalue weighted by molar-refractivity contribution is 0.127. The normalized spacial score (nSPS) is 38.5. The molecule has 4 unspecified atom stereocenters. The molecular weight excluding hydrogens is 220 g/mol.